The maximum atomic E-state index is 12.4. The van der Waals surface area contributed by atoms with Crippen LogP contribution in [0.1, 0.15) is 39.5 Å². The summed E-state index contributed by atoms with van der Waals surface area (Å²) >= 11 is 3.83. The highest BCUT2D eigenvalue weighted by molar-refractivity contribution is 7.75. The molecule has 0 radical (unpaired) electrons. The van der Waals surface area contributed by atoms with E-state index in [0.29, 0.717) is 17.8 Å². The lowest BCUT2D eigenvalue weighted by atomic mass is 9.66. The van der Waals surface area contributed by atoms with E-state index in [0.717, 1.165) is 4.90 Å². The molecule has 0 saturated carbocycles. The number of Topliss-reactive ketones (excluding diaryl/α,β-unsaturated/α-hetero) is 1. The maximum absolute atomic E-state index is 12.4. The normalized spacial score (nSPS) is 23.1. The van der Waals surface area contributed by atoms with E-state index in [1.807, 2.05) is 13.8 Å². The van der Waals surface area contributed by atoms with Crippen molar-refractivity contribution in [2.75, 3.05) is 7.05 Å². The largest absolute Gasteiger partial charge is 0.433 e. The van der Waals surface area contributed by atoms with Crippen LogP contribution in [-0.4, -0.2) is 29.5 Å². The van der Waals surface area contributed by atoms with Gasteiger partial charge in [0.25, 0.3) is 0 Å². The Morgan fingerprint density at radius 2 is 1.65 bits per heavy atom. The molecular weight excluding hydrogens is 278 g/mol. The fourth-order valence-corrected chi connectivity index (χ4v) is 3.31. The maximum Gasteiger partial charge on any atom is 0.229 e. The molecule has 110 valence electrons. The van der Waals surface area contributed by atoms with Crippen molar-refractivity contribution < 1.29 is 18.6 Å². The minimum absolute atomic E-state index is 0.0412. The van der Waals surface area contributed by atoms with E-state index in [-0.39, 0.29) is 42.8 Å². The van der Waals surface area contributed by atoms with Crippen LogP contribution >= 0.6 is 12.9 Å². The van der Waals surface area contributed by atoms with Gasteiger partial charge in [-0.1, -0.05) is 13.8 Å². The number of likely N-dealkylation sites (tertiary alicyclic amines) is 1. The Balaban J connectivity index is 2.36. The highest BCUT2D eigenvalue weighted by atomic mass is 32.1. The predicted octanol–water partition coefficient (Wildman–Crippen LogP) is 1.89. The highest BCUT2D eigenvalue weighted by Gasteiger charge is 2.48. The van der Waals surface area contributed by atoms with Crippen LogP contribution in [-0.2, 0) is 18.6 Å². The third-order valence-corrected chi connectivity index (χ3v) is 4.38. The van der Waals surface area contributed by atoms with Gasteiger partial charge in [-0.05, 0) is 5.92 Å². The van der Waals surface area contributed by atoms with Crippen LogP contribution in [0.3, 0.4) is 0 Å². The van der Waals surface area contributed by atoms with Gasteiger partial charge >= 0.3 is 0 Å². The van der Waals surface area contributed by atoms with Gasteiger partial charge < -0.3 is 4.18 Å². The molecular formula is C14H19NO4S. The second-order valence-corrected chi connectivity index (χ2v) is 6.24. The van der Waals surface area contributed by atoms with Crippen molar-refractivity contribution in [3.8, 4) is 0 Å². The van der Waals surface area contributed by atoms with E-state index in [2.05, 4.69) is 12.9 Å². The number of carbonyl (C=O) groups is 3. The number of thiol groups is 1. The summed E-state index contributed by atoms with van der Waals surface area (Å²) in [7, 11) is 1.48. The fourth-order valence-electron chi connectivity index (χ4n) is 3.15. The summed E-state index contributed by atoms with van der Waals surface area (Å²) in [6, 6.07) is 0. The second-order valence-electron chi connectivity index (χ2n) is 6.06. The molecule has 5 nitrogen and oxygen atoms in total. The SMILES string of the molecule is CC(C)C1=C(OS)CC2(CC1=O)CC(=O)N(C)C(=O)C2. The Bertz CT molecular complexity index is 491. The summed E-state index contributed by atoms with van der Waals surface area (Å²) in [5.74, 6) is 0.0333. The third-order valence-electron chi connectivity index (χ3n) is 4.16. The molecule has 0 aromatic rings. The summed E-state index contributed by atoms with van der Waals surface area (Å²) in [5, 5.41) is 0. The van der Waals surface area contributed by atoms with Gasteiger partial charge in [0.1, 0.15) is 5.76 Å². The first-order valence-corrected chi connectivity index (χ1v) is 7.03. The van der Waals surface area contributed by atoms with Crippen LogP contribution < -0.4 is 0 Å². The van der Waals surface area contributed by atoms with Crippen LogP contribution in [0.25, 0.3) is 0 Å². The topological polar surface area (TPSA) is 63.7 Å². The summed E-state index contributed by atoms with van der Waals surface area (Å²) in [4.78, 5) is 37.3. The Hall–Kier alpha value is -1.30. The number of hydrogen-bond acceptors (Lipinski definition) is 5. The van der Waals surface area contributed by atoms with Gasteiger partial charge in [0.05, 0.1) is 0 Å². The first kappa shape index (κ1) is 15.1. The van der Waals surface area contributed by atoms with E-state index >= 15 is 0 Å². The van der Waals surface area contributed by atoms with Crippen LogP contribution in [0, 0.1) is 11.3 Å². The summed E-state index contributed by atoms with van der Waals surface area (Å²) in [5.41, 5.74) is -0.00162. The number of rotatable bonds is 2. The van der Waals surface area contributed by atoms with E-state index in [1.54, 1.807) is 0 Å². The van der Waals surface area contributed by atoms with E-state index in [1.165, 1.54) is 7.05 Å². The first-order chi connectivity index (χ1) is 9.29. The molecule has 2 aliphatic rings. The van der Waals surface area contributed by atoms with Crippen molar-refractivity contribution in [3.63, 3.8) is 0 Å². The summed E-state index contributed by atoms with van der Waals surface area (Å²) < 4.78 is 5.08. The molecule has 0 aromatic heterocycles. The average molecular weight is 297 g/mol. The van der Waals surface area contributed by atoms with Crippen LogP contribution in [0.15, 0.2) is 11.3 Å². The van der Waals surface area contributed by atoms with Gasteiger partial charge in [0.2, 0.25) is 11.8 Å². The minimum atomic E-state index is -0.631. The molecule has 1 aliphatic carbocycles. The molecule has 2 amide bonds. The zero-order chi connectivity index (χ0) is 15.1. The number of imide groups is 1. The van der Waals surface area contributed by atoms with Gasteiger partial charge in [-0.2, -0.15) is 0 Å². The van der Waals surface area contributed by atoms with E-state index in [4.69, 9.17) is 4.18 Å². The van der Waals surface area contributed by atoms with Crippen molar-refractivity contribution in [1.29, 1.82) is 0 Å². The monoisotopic (exact) mass is 297 g/mol. The van der Waals surface area contributed by atoms with Crippen molar-refractivity contribution in [3.05, 3.63) is 11.3 Å². The number of piperidine rings is 1. The molecule has 1 heterocycles. The van der Waals surface area contributed by atoms with Crippen LogP contribution in [0.4, 0.5) is 0 Å². The molecule has 0 unspecified atom stereocenters. The smallest absolute Gasteiger partial charge is 0.229 e. The average Bonchev–Trinajstić information content (AvgIpc) is 2.34. The highest BCUT2D eigenvalue weighted by Crippen LogP contribution is 2.47. The number of allylic oxidation sites excluding steroid dienone is 2. The van der Waals surface area contributed by atoms with E-state index in [9.17, 15) is 14.4 Å². The number of amides is 2. The first-order valence-electron chi connectivity index (χ1n) is 6.67. The van der Waals surface area contributed by atoms with Crippen molar-refractivity contribution in [2.24, 2.45) is 11.3 Å². The lowest BCUT2D eigenvalue weighted by molar-refractivity contribution is -0.152. The number of nitrogens with zero attached hydrogens (tertiary/aromatic N) is 1. The molecule has 1 fully saturated rings. The summed E-state index contributed by atoms with van der Waals surface area (Å²) in [6.07, 6.45) is 1.05. The lowest BCUT2D eigenvalue weighted by Crippen LogP contribution is -2.48. The standard InChI is InChI=1S/C14H19NO4S/c1-8(2)13-9(16)4-14(5-10(13)19-20)6-11(17)15(3)12(18)7-14/h8,20H,4-7H2,1-3H3. The quantitative estimate of drug-likeness (QED) is 0.480. The third kappa shape index (κ3) is 2.49. The van der Waals surface area contributed by atoms with Gasteiger partial charge in [-0.15, -0.1) is 0 Å². The number of carbonyl (C=O) groups excluding carboxylic acids is 3. The molecule has 1 aliphatic heterocycles. The molecule has 0 N–H and O–H groups in total. The van der Waals surface area contributed by atoms with Gasteiger partial charge in [0.15, 0.2) is 5.78 Å². The van der Waals surface area contributed by atoms with Crippen molar-refractivity contribution >= 4 is 30.5 Å². The zero-order valence-corrected chi connectivity index (χ0v) is 12.8. The fraction of sp³-hybridized carbons (Fsp3) is 0.643. The zero-order valence-electron chi connectivity index (χ0n) is 11.9. The van der Waals surface area contributed by atoms with Gasteiger partial charge in [0, 0.05) is 56.6 Å². The Labute approximate surface area is 124 Å². The van der Waals surface area contributed by atoms with Crippen LogP contribution in [0.2, 0.25) is 0 Å². The van der Waals surface area contributed by atoms with Crippen molar-refractivity contribution in [2.45, 2.75) is 39.5 Å². The summed E-state index contributed by atoms with van der Waals surface area (Å²) in [6.45, 7) is 3.84. The van der Waals surface area contributed by atoms with E-state index < -0.39 is 5.41 Å². The second kappa shape index (κ2) is 5.24. The molecule has 2 rings (SSSR count). The molecule has 1 spiro atoms. The number of hydrogen-bond donors (Lipinski definition) is 1. The lowest BCUT2D eigenvalue weighted by Gasteiger charge is -2.41. The Morgan fingerprint density at radius 3 is 2.10 bits per heavy atom. The molecule has 1 saturated heterocycles. The van der Waals surface area contributed by atoms with Gasteiger partial charge in [-0.25, -0.2) is 0 Å². The molecule has 0 aromatic carbocycles. The van der Waals surface area contributed by atoms with Gasteiger partial charge in [-0.3, -0.25) is 19.3 Å². The molecule has 6 heteroatoms. The van der Waals surface area contributed by atoms with Crippen LogP contribution in [0.5, 0.6) is 0 Å². The Morgan fingerprint density at radius 1 is 1.10 bits per heavy atom. The predicted molar refractivity (Wildman–Crippen MR) is 75.6 cm³/mol. The van der Waals surface area contributed by atoms with Crippen molar-refractivity contribution in [1.82, 2.24) is 4.90 Å². The number of ketones is 1. The Kier molecular flexibility index (Phi) is 3.95. The minimum Gasteiger partial charge on any atom is -0.433 e. The molecule has 0 atom stereocenters. The molecule has 0 bridgehead atoms. The molecule has 20 heavy (non-hydrogen) atoms.